The Hall–Kier alpha value is -1.13. The summed E-state index contributed by atoms with van der Waals surface area (Å²) in [5.41, 5.74) is 2.21. The van der Waals surface area contributed by atoms with Crippen LogP contribution in [0.3, 0.4) is 0 Å². The van der Waals surface area contributed by atoms with Gasteiger partial charge in [0, 0.05) is 27.2 Å². The number of sulfonamides is 1. The molecule has 0 saturated heterocycles. The molecule has 1 aromatic rings. The van der Waals surface area contributed by atoms with E-state index in [1.807, 2.05) is 19.1 Å². The number of aliphatic imine (C=N–C) groups is 1. The van der Waals surface area contributed by atoms with Crippen molar-refractivity contribution in [3.8, 4) is 0 Å². The highest BCUT2D eigenvalue weighted by molar-refractivity contribution is 14.0. The molecule has 0 bridgehead atoms. The lowest BCUT2D eigenvalue weighted by Crippen LogP contribution is -2.38. The van der Waals surface area contributed by atoms with Crippen molar-refractivity contribution in [3.05, 3.63) is 41.5 Å². The van der Waals surface area contributed by atoms with Gasteiger partial charge in [0.25, 0.3) is 0 Å². The number of guanidine groups is 1. The number of rotatable bonds is 8. The Bertz CT molecular complexity index is 776. The van der Waals surface area contributed by atoms with E-state index in [0.717, 1.165) is 19.5 Å². The van der Waals surface area contributed by atoms with Gasteiger partial charge in [0.1, 0.15) is 0 Å². The van der Waals surface area contributed by atoms with Crippen LogP contribution in [-0.4, -0.2) is 45.9 Å². The lowest BCUT2D eigenvalue weighted by atomic mass is 9.97. The number of nitrogens with zero attached hydrogens (tertiary/aromatic N) is 2. The number of benzene rings is 1. The maximum absolute atomic E-state index is 12.5. The molecule has 158 valence electrons. The summed E-state index contributed by atoms with van der Waals surface area (Å²) >= 11 is 0. The van der Waals surface area contributed by atoms with Crippen LogP contribution in [0.5, 0.6) is 0 Å². The first-order valence-electron chi connectivity index (χ1n) is 9.65. The largest absolute Gasteiger partial charge is 0.357 e. The lowest BCUT2D eigenvalue weighted by molar-refractivity contribution is 0.519. The predicted molar refractivity (Wildman–Crippen MR) is 127 cm³/mol. The van der Waals surface area contributed by atoms with E-state index in [2.05, 4.69) is 21.7 Å². The smallest absolute Gasteiger partial charge is 0.242 e. The zero-order valence-electron chi connectivity index (χ0n) is 17.1. The molecule has 0 spiro atoms. The van der Waals surface area contributed by atoms with E-state index in [0.29, 0.717) is 23.0 Å². The Labute approximate surface area is 187 Å². The van der Waals surface area contributed by atoms with Crippen molar-refractivity contribution in [2.45, 2.75) is 50.5 Å². The second-order valence-electron chi connectivity index (χ2n) is 6.88. The molecular weight excluding hydrogens is 487 g/mol. The molecule has 1 aliphatic carbocycles. The summed E-state index contributed by atoms with van der Waals surface area (Å²) in [6.45, 7) is 3.91. The normalized spacial score (nSPS) is 15.0. The molecular formula is C20H33IN4O2S. The minimum absolute atomic E-state index is 0. The van der Waals surface area contributed by atoms with Gasteiger partial charge in [-0.05, 0) is 50.7 Å². The standard InChI is InChI=1S/C20H32N4O2S.HI/c1-4-21-20(22-15-14-17-10-6-5-7-11-17)23-16-18-12-8-9-13-19(18)27(25,26)24(2)3;/h8-10,12-13H,4-7,11,14-16H2,1-3H3,(H2,21,22,23);1H. The van der Waals surface area contributed by atoms with Gasteiger partial charge in [-0.1, -0.05) is 29.8 Å². The van der Waals surface area contributed by atoms with E-state index in [-0.39, 0.29) is 24.0 Å². The Morgan fingerprint density at radius 1 is 1.18 bits per heavy atom. The lowest BCUT2D eigenvalue weighted by Gasteiger charge is -2.16. The van der Waals surface area contributed by atoms with Gasteiger partial charge in [0.2, 0.25) is 10.0 Å². The monoisotopic (exact) mass is 520 g/mol. The summed E-state index contributed by atoms with van der Waals surface area (Å²) in [6, 6.07) is 7.03. The van der Waals surface area contributed by atoms with E-state index in [1.165, 1.54) is 35.6 Å². The van der Waals surface area contributed by atoms with Crippen molar-refractivity contribution >= 4 is 40.0 Å². The van der Waals surface area contributed by atoms with Crippen LogP contribution in [0.1, 0.15) is 44.6 Å². The molecule has 0 heterocycles. The average Bonchev–Trinajstić information content (AvgIpc) is 2.67. The molecule has 6 nitrogen and oxygen atoms in total. The summed E-state index contributed by atoms with van der Waals surface area (Å²) in [5.74, 6) is 0.714. The molecule has 28 heavy (non-hydrogen) atoms. The van der Waals surface area contributed by atoms with Gasteiger partial charge in [-0.15, -0.1) is 24.0 Å². The molecule has 0 aliphatic heterocycles. The van der Waals surface area contributed by atoms with E-state index in [1.54, 1.807) is 26.2 Å². The van der Waals surface area contributed by atoms with Gasteiger partial charge in [0.05, 0.1) is 11.4 Å². The van der Waals surface area contributed by atoms with Gasteiger partial charge in [-0.3, -0.25) is 0 Å². The summed E-state index contributed by atoms with van der Waals surface area (Å²) < 4.78 is 26.3. The number of hydrogen-bond acceptors (Lipinski definition) is 3. The van der Waals surface area contributed by atoms with Crippen molar-refractivity contribution < 1.29 is 8.42 Å². The Kier molecular flexibility index (Phi) is 11.1. The fraction of sp³-hybridized carbons (Fsp3) is 0.550. The quantitative estimate of drug-likeness (QED) is 0.238. The zero-order chi connectivity index (χ0) is 19.7. The molecule has 2 N–H and O–H groups in total. The van der Waals surface area contributed by atoms with Crippen LogP contribution < -0.4 is 10.6 Å². The van der Waals surface area contributed by atoms with Gasteiger partial charge >= 0.3 is 0 Å². The SMILES string of the molecule is CCNC(=NCc1ccccc1S(=O)(=O)N(C)C)NCCC1=CCCCC1.I. The molecule has 0 amide bonds. The molecule has 2 rings (SSSR count). The molecule has 0 radical (unpaired) electrons. The second kappa shape index (κ2) is 12.4. The number of allylic oxidation sites excluding steroid dienone is 1. The second-order valence-corrected chi connectivity index (χ2v) is 9.00. The van der Waals surface area contributed by atoms with Crippen LogP contribution in [0, 0.1) is 0 Å². The maximum Gasteiger partial charge on any atom is 0.242 e. The van der Waals surface area contributed by atoms with Crippen molar-refractivity contribution in [2.24, 2.45) is 4.99 Å². The molecule has 1 aromatic carbocycles. The molecule has 8 heteroatoms. The fourth-order valence-corrected chi connectivity index (χ4v) is 4.17. The third kappa shape index (κ3) is 7.36. The summed E-state index contributed by atoms with van der Waals surface area (Å²) in [4.78, 5) is 4.90. The van der Waals surface area contributed by atoms with E-state index < -0.39 is 10.0 Å². The van der Waals surface area contributed by atoms with Gasteiger partial charge in [0.15, 0.2) is 5.96 Å². The van der Waals surface area contributed by atoms with Crippen molar-refractivity contribution in [2.75, 3.05) is 27.2 Å². The van der Waals surface area contributed by atoms with Crippen LogP contribution in [0.4, 0.5) is 0 Å². The van der Waals surface area contributed by atoms with Gasteiger partial charge in [-0.2, -0.15) is 0 Å². The van der Waals surface area contributed by atoms with Crippen LogP contribution in [-0.2, 0) is 16.6 Å². The summed E-state index contributed by atoms with van der Waals surface area (Å²) in [5, 5.41) is 6.59. The van der Waals surface area contributed by atoms with E-state index >= 15 is 0 Å². The van der Waals surface area contributed by atoms with E-state index in [4.69, 9.17) is 0 Å². The summed E-state index contributed by atoms with van der Waals surface area (Å²) in [6.07, 6.45) is 8.37. The van der Waals surface area contributed by atoms with Crippen LogP contribution in [0.25, 0.3) is 0 Å². The summed E-state index contributed by atoms with van der Waals surface area (Å²) in [7, 11) is -0.398. The number of hydrogen-bond donors (Lipinski definition) is 2. The van der Waals surface area contributed by atoms with Crippen LogP contribution >= 0.6 is 24.0 Å². The Morgan fingerprint density at radius 2 is 1.93 bits per heavy atom. The Balaban J connectivity index is 0.00000392. The molecule has 0 saturated carbocycles. The molecule has 0 fully saturated rings. The highest BCUT2D eigenvalue weighted by Crippen LogP contribution is 2.20. The van der Waals surface area contributed by atoms with E-state index in [9.17, 15) is 8.42 Å². The molecule has 0 unspecified atom stereocenters. The Morgan fingerprint density at radius 3 is 2.57 bits per heavy atom. The predicted octanol–water partition coefficient (Wildman–Crippen LogP) is 3.50. The minimum Gasteiger partial charge on any atom is -0.357 e. The van der Waals surface area contributed by atoms with Crippen molar-refractivity contribution in [1.82, 2.24) is 14.9 Å². The number of halogens is 1. The molecule has 0 atom stereocenters. The number of nitrogens with one attached hydrogen (secondary N) is 2. The molecule has 1 aliphatic rings. The van der Waals surface area contributed by atoms with Gasteiger partial charge in [-0.25, -0.2) is 17.7 Å². The first-order chi connectivity index (χ1) is 12.9. The third-order valence-corrected chi connectivity index (χ3v) is 6.52. The van der Waals surface area contributed by atoms with Crippen LogP contribution in [0.2, 0.25) is 0 Å². The highest BCUT2D eigenvalue weighted by atomic mass is 127. The topological polar surface area (TPSA) is 73.8 Å². The first-order valence-corrected chi connectivity index (χ1v) is 11.1. The highest BCUT2D eigenvalue weighted by Gasteiger charge is 2.20. The van der Waals surface area contributed by atoms with Crippen molar-refractivity contribution in [3.63, 3.8) is 0 Å². The van der Waals surface area contributed by atoms with Crippen LogP contribution in [0.15, 0.2) is 45.8 Å². The first kappa shape index (κ1) is 24.9. The molecule has 0 aromatic heterocycles. The van der Waals surface area contributed by atoms with Crippen molar-refractivity contribution in [1.29, 1.82) is 0 Å². The maximum atomic E-state index is 12.5. The fourth-order valence-electron chi connectivity index (χ4n) is 3.06. The zero-order valence-corrected chi connectivity index (χ0v) is 20.2. The third-order valence-electron chi connectivity index (χ3n) is 4.61. The average molecular weight is 520 g/mol. The minimum atomic E-state index is -3.48. The van der Waals surface area contributed by atoms with Gasteiger partial charge < -0.3 is 10.6 Å².